The molecule has 1 atom stereocenters. The molecule has 2 rings (SSSR count). The fourth-order valence-corrected chi connectivity index (χ4v) is 3.07. The van der Waals surface area contributed by atoms with Gasteiger partial charge in [-0.2, -0.15) is 0 Å². The second kappa shape index (κ2) is 6.72. The first kappa shape index (κ1) is 16.2. The van der Waals surface area contributed by atoms with Crippen LogP contribution >= 0.6 is 0 Å². The summed E-state index contributed by atoms with van der Waals surface area (Å²) in [6.07, 6.45) is 5.55. The maximum atomic E-state index is 12.8. The molecule has 0 aromatic carbocycles. The number of carbonyl (C=O) groups is 2. The van der Waals surface area contributed by atoms with Crippen molar-refractivity contribution < 1.29 is 14.3 Å². The van der Waals surface area contributed by atoms with Crippen LogP contribution in [-0.4, -0.2) is 45.4 Å². The third-order valence-electron chi connectivity index (χ3n) is 3.98. The van der Waals surface area contributed by atoms with E-state index in [1.54, 1.807) is 11.8 Å². The maximum Gasteiger partial charge on any atom is 0.332 e. The first-order chi connectivity index (χ1) is 10.6. The Hall–Kier alpha value is -2.18. The average molecular weight is 306 g/mol. The Morgan fingerprint density at radius 3 is 2.73 bits per heavy atom. The predicted octanol–water partition coefficient (Wildman–Crippen LogP) is 1.40. The molecule has 7 heteroatoms. The highest BCUT2D eigenvalue weighted by molar-refractivity contribution is 6.00. The molecule has 2 heterocycles. The summed E-state index contributed by atoms with van der Waals surface area (Å²) in [6, 6.07) is 0. The quantitative estimate of drug-likeness (QED) is 0.826. The van der Waals surface area contributed by atoms with Crippen molar-refractivity contribution in [2.75, 3.05) is 18.9 Å². The third-order valence-corrected chi connectivity index (χ3v) is 3.98. The summed E-state index contributed by atoms with van der Waals surface area (Å²) in [5, 5.41) is 0. The van der Waals surface area contributed by atoms with E-state index in [1.807, 2.05) is 6.92 Å². The predicted molar refractivity (Wildman–Crippen MR) is 81.0 cm³/mol. The standard InChI is InChI=1S/C15H22N4O3/c1-3-6-15(14(21)22-4-2)7-5-10-19(15)13(20)11-12(16)18-9-8-17-11/h8-9H,3-7,10H2,1-2H3,(H2,16,18)/t15-/m1/s1. The molecule has 1 saturated heterocycles. The number of hydrogen-bond donors (Lipinski definition) is 1. The fourth-order valence-electron chi connectivity index (χ4n) is 3.07. The van der Waals surface area contributed by atoms with Gasteiger partial charge in [-0.3, -0.25) is 4.79 Å². The molecule has 0 unspecified atom stereocenters. The Morgan fingerprint density at radius 1 is 1.36 bits per heavy atom. The summed E-state index contributed by atoms with van der Waals surface area (Å²) < 4.78 is 5.23. The van der Waals surface area contributed by atoms with E-state index in [1.165, 1.54) is 12.4 Å². The van der Waals surface area contributed by atoms with Crippen molar-refractivity contribution in [3.8, 4) is 0 Å². The van der Waals surface area contributed by atoms with Crippen LogP contribution in [0.15, 0.2) is 12.4 Å². The summed E-state index contributed by atoms with van der Waals surface area (Å²) in [4.78, 5) is 34.8. The highest BCUT2D eigenvalue weighted by atomic mass is 16.5. The first-order valence-corrected chi connectivity index (χ1v) is 7.62. The van der Waals surface area contributed by atoms with Crippen LogP contribution in [0.25, 0.3) is 0 Å². The van der Waals surface area contributed by atoms with Gasteiger partial charge in [0.05, 0.1) is 6.61 Å². The molecule has 1 fully saturated rings. The van der Waals surface area contributed by atoms with Crippen molar-refractivity contribution in [3.63, 3.8) is 0 Å². The largest absolute Gasteiger partial charge is 0.464 e. The molecule has 1 aliphatic heterocycles. The lowest BCUT2D eigenvalue weighted by Crippen LogP contribution is -2.54. The van der Waals surface area contributed by atoms with Gasteiger partial charge in [-0.05, 0) is 26.2 Å². The number of esters is 1. The number of nitrogens with two attached hydrogens (primary N) is 1. The zero-order chi connectivity index (χ0) is 16.2. The minimum atomic E-state index is -0.911. The second-order valence-electron chi connectivity index (χ2n) is 5.35. The number of nitrogens with zero attached hydrogens (tertiary/aromatic N) is 3. The van der Waals surface area contributed by atoms with E-state index in [4.69, 9.17) is 10.5 Å². The van der Waals surface area contributed by atoms with Gasteiger partial charge in [-0.15, -0.1) is 0 Å². The SMILES string of the molecule is CCC[C@]1(C(=O)OCC)CCCN1C(=O)c1nccnc1N. The van der Waals surface area contributed by atoms with Gasteiger partial charge in [0.15, 0.2) is 11.5 Å². The number of aromatic nitrogens is 2. The Balaban J connectivity index is 2.37. The van der Waals surface area contributed by atoms with Crippen molar-refractivity contribution in [2.24, 2.45) is 0 Å². The molecule has 120 valence electrons. The number of nitrogen functional groups attached to an aromatic ring is 1. The highest BCUT2D eigenvalue weighted by Gasteiger charge is 2.50. The number of rotatable bonds is 5. The maximum absolute atomic E-state index is 12.8. The number of amides is 1. The van der Waals surface area contributed by atoms with Crippen molar-refractivity contribution in [2.45, 2.75) is 45.1 Å². The number of hydrogen-bond acceptors (Lipinski definition) is 6. The highest BCUT2D eigenvalue weighted by Crippen LogP contribution is 2.36. The average Bonchev–Trinajstić information content (AvgIpc) is 2.93. The molecule has 0 radical (unpaired) electrons. The Kier molecular flexibility index (Phi) is 4.95. The number of anilines is 1. The van der Waals surface area contributed by atoms with Crippen molar-refractivity contribution in [1.82, 2.24) is 14.9 Å². The van der Waals surface area contributed by atoms with Crippen LogP contribution in [0.5, 0.6) is 0 Å². The van der Waals surface area contributed by atoms with E-state index in [9.17, 15) is 9.59 Å². The minimum Gasteiger partial charge on any atom is -0.464 e. The van der Waals surface area contributed by atoms with Gasteiger partial charge >= 0.3 is 5.97 Å². The molecule has 0 aliphatic carbocycles. The zero-order valence-corrected chi connectivity index (χ0v) is 13.0. The summed E-state index contributed by atoms with van der Waals surface area (Å²) in [5.41, 5.74) is 4.93. The van der Waals surface area contributed by atoms with Gasteiger partial charge < -0.3 is 15.4 Å². The molecule has 1 aliphatic rings. The third kappa shape index (κ3) is 2.75. The summed E-state index contributed by atoms with van der Waals surface area (Å²) in [7, 11) is 0. The molecule has 2 N–H and O–H groups in total. The van der Waals surface area contributed by atoms with Gasteiger partial charge in [-0.1, -0.05) is 13.3 Å². The van der Waals surface area contributed by atoms with Crippen LogP contribution in [0, 0.1) is 0 Å². The van der Waals surface area contributed by atoms with E-state index >= 15 is 0 Å². The molecule has 0 spiro atoms. The van der Waals surface area contributed by atoms with Gasteiger partial charge in [0, 0.05) is 18.9 Å². The van der Waals surface area contributed by atoms with Crippen molar-refractivity contribution >= 4 is 17.7 Å². The Morgan fingerprint density at radius 2 is 2.09 bits per heavy atom. The van der Waals surface area contributed by atoms with E-state index in [0.717, 1.165) is 12.8 Å². The van der Waals surface area contributed by atoms with E-state index in [2.05, 4.69) is 9.97 Å². The monoisotopic (exact) mass is 306 g/mol. The van der Waals surface area contributed by atoms with Crippen LogP contribution < -0.4 is 5.73 Å². The van der Waals surface area contributed by atoms with Crippen LogP contribution in [0.3, 0.4) is 0 Å². The minimum absolute atomic E-state index is 0.0775. The van der Waals surface area contributed by atoms with Crippen LogP contribution in [0.4, 0.5) is 5.82 Å². The van der Waals surface area contributed by atoms with Crippen LogP contribution in [-0.2, 0) is 9.53 Å². The van der Waals surface area contributed by atoms with Gasteiger partial charge in [0.2, 0.25) is 0 Å². The molecule has 22 heavy (non-hydrogen) atoms. The van der Waals surface area contributed by atoms with E-state index in [0.29, 0.717) is 26.0 Å². The molecule has 0 bridgehead atoms. The lowest BCUT2D eigenvalue weighted by Gasteiger charge is -2.36. The van der Waals surface area contributed by atoms with Crippen LogP contribution in [0.1, 0.15) is 50.0 Å². The number of ether oxygens (including phenoxy) is 1. The topological polar surface area (TPSA) is 98.4 Å². The smallest absolute Gasteiger partial charge is 0.332 e. The zero-order valence-electron chi connectivity index (χ0n) is 13.0. The summed E-state index contributed by atoms with van der Waals surface area (Å²) >= 11 is 0. The second-order valence-corrected chi connectivity index (χ2v) is 5.35. The molecule has 0 saturated carbocycles. The molecule has 1 amide bonds. The molecular formula is C15H22N4O3. The molecule has 1 aromatic rings. The summed E-state index contributed by atoms with van der Waals surface area (Å²) in [6.45, 7) is 4.53. The normalized spacial score (nSPS) is 20.9. The Bertz CT molecular complexity index is 563. The Labute approximate surface area is 129 Å². The lowest BCUT2D eigenvalue weighted by atomic mass is 9.90. The molecular weight excluding hydrogens is 284 g/mol. The van der Waals surface area contributed by atoms with Gasteiger partial charge in [0.1, 0.15) is 5.54 Å². The van der Waals surface area contributed by atoms with Crippen molar-refractivity contribution in [1.29, 1.82) is 0 Å². The molecule has 1 aromatic heterocycles. The summed E-state index contributed by atoms with van der Waals surface area (Å²) in [5.74, 6) is -0.622. The van der Waals surface area contributed by atoms with Crippen LogP contribution in [0.2, 0.25) is 0 Å². The lowest BCUT2D eigenvalue weighted by molar-refractivity contribution is -0.155. The fraction of sp³-hybridized carbons (Fsp3) is 0.600. The number of carbonyl (C=O) groups excluding carboxylic acids is 2. The molecule has 7 nitrogen and oxygen atoms in total. The van der Waals surface area contributed by atoms with Gasteiger partial charge in [0.25, 0.3) is 5.91 Å². The first-order valence-electron chi connectivity index (χ1n) is 7.62. The van der Waals surface area contributed by atoms with Gasteiger partial charge in [-0.25, -0.2) is 14.8 Å². The number of likely N-dealkylation sites (tertiary alicyclic amines) is 1. The van der Waals surface area contributed by atoms with E-state index in [-0.39, 0.29) is 23.4 Å². The van der Waals surface area contributed by atoms with Crippen molar-refractivity contribution in [3.05, 3.63) is 18.1 Å². The van der Waals surface area contributed by atoms with E-state index < -0.39 is 5.54 Å².